The molecule has 1 aliphatic rings. The summed E-state index contributed by atoms with van der Waals surface area (Å²) in [5.41, 5.74) is 2.42. The van der Waals surface area contributed by atoms with E-state index in [9.17, 15) is 0 Å². The standard InChI is InChI=1S/C16H14O/c1-3-7-13(8-4-1)15-11-12-16(17-15)14-9-5-2-6-10-14/h1-12,15-16H/t15-,16-/m0/s1. The molecule has 17 heavy (non-hydrogen) atoms. The molecule has 1 nitrogen and oxygen atoms in total. The van der Waals surface area contributed by atoms with E-state index in [1.54, 1.807) is 0 Å². The minimum absolute atomic E-state index is 0.0846. The topological polar surface area (TPSA) is 9.23 Å². The van der Waals surface area contributed by atoms with Crippen LogP contribution in [-0.2, 0) is 4.74 Å². The van der Waals surface area contributed by atoms with E-state index in [0.717, 1.165) is 0 Å². The van der Waals surface area contributed by atoms with E-state index in [1.807, 2.05) is 36.4 Å². The van der Waals surface area contributed by atoms with Gasteiger partial charge in [0.2, 0.25) is 0 Å². The third-order valence-corrected chi connectivity index (χ3v) is 3.01. The Bertz CT molecular complexity index is 454. The van der Waals surface area contributed by atoms with E-state index in [0.29, 0.717) is 0 Å². The summed E-state index contributed by atoms with van der Waals surface area (Å²) >= 11 is 0. The summed E-state index contributed by atoms with van der Waals surface area (Å²) in [6.07, 6.45) is 4.43. The molecule has 0 unspecified atom stereocenters. The minimum Gasteiger partial charge on any atom is -0.357 e. The van der Waals surface area contributed by atoms with Crippen molar-refractivity contribution < 1.29 is 4.74 Å². The van der Waals surface area contributed by atoms with Crippen LogP contribution in [-0.4, -0.2) is 0 Å². The van der Waals surface area contributed by atoms with Gasteiger partial charge in [-0.3, -0.25) is 0 Å². The maximum atomic E-state index is 6.02. The molecule has 0 saturated carbocycles. The summed E-state index contributed by atoms with van der Waals surface area (Å²) < 4.78 is 6.02. The van der Waals surface area contributed by atoms with Crippen molar-refractivity contribution in [3.05, 3.63) is 83.9 Å². The highest BCUT2D eigenvalue weighted by Gasteiger charge is 2.21. The molecule has 0 fully saturated rings. The fourth-order valence-corrected chi connectivity index (χ4v) is 2.12. The zero-order valence-corrected chi connectivity index (χ0v) is 9.49. The Morgan fingerprint density at radius 2 is 1.00 bits per heavy atom. The molecule has 1 heterocycles. The van der Waals surface area contributed by atoms with Crippen LogP contribution < -0.4 is 0 Å². The normalized spacial score (nSPS) is 22.8. The molecule has 84 valence electrons. The number of hydrogen-bond donors (Lipinski definition) is 0. The quantitative estimate of drug-likeness (QED) is 0.696. The summed E-state index contributed by atoms with van der Waals surface area (Å²) in [5, 5.41) is 0. The Morgan fingerprint density at radius 3 is 1.41 bits per heavy atom. The lowest BCUT2D eigenvalue weighted by Gasteiger charge is -2.14. The molecular formula is C16H14O. The van der Waals surface area contributed by atoms with Crippen molar-refractivity contribution in [2.24, 2.45) is 0 Å². The van der Waals surface area contributed by atoms with Gasteiger partial charge in [-0.2, -0.15) is 0 Å². The Kier molecular flexibility index (Phi) is 2.76. The van der Waals surface area contributed by atoms with Gasteiger partial charge in [0, 0.05) is 0 Å². The van der Waals surface area contributed by atoms with Crippen molar-refractivity contribution in [2.75, 3.05) is 0 Å². The second-order valence-corrected chi connectivity index (χ2v) is 4.18. The van der Waals surface area contributed by atoms with Crippen molar-refractivity contribution in [1.82, 2.24) is 0 Å². The van der Waals surface area contributed by atoms with Crippen molar-refractivity contribution in [1.29, 1.82) is 0 Å². The molecule has 0 aliphatic carbocycles. The SMILES string of the molecule is C1=C[C@@H](c2ccccc2)O[C@@H]1c1ccccc1. The highest BCUT2D eigenvalue weighted by Crippen LogP contribution is 2.34. The van der Waals surface area contributed by atoms with Crippen LogP contribution in [0, 0.1) is 0 Å². The van der Waals surface area contributed by atoms with Crippen LogP contribution in [0.1, 0.15) is 23.3 Å². The summed E-state index contributed by atoms with van der Waals surface area (Å²) in [7, 11) is 0. The molecule has 0 aromatic heterocycles. The first kappa shape index (κ1) is 10.3. The Hall–Kier alpha value is -1.86. The van der Waals surface area contributed by atoms with Gasteiger partial charge in [-0.1, -0.05) is 72.8 Å². The molecule has 0 saturated heterocycles. The molecule has 0 spiro atoms. The monoisotopic (exact) mass is 222 g/mol. The van der Waals surface area contributed by atoms with Crippen LogP contribution in [0.5, 0.6) is 0 Å². The Labute approximate surface area is 101 Å². The predicted octanol–water partition coefficient (Wildman–Crippen LogP) is 4.06. The summed E-state index contributed by atoms with van der Waals surface area (Å²) in [6, 6.07) is 20.6. The lowest BCUT2D eigenvalue weighted by molar-refractivity contribution is 0.0603. The largest absolute Gasteiger partial charge is 0.357 e. The lowest BCUT2D eigenvalue weighted by atomic mass is 10.1. The first-order chi connectivity index (χ1) is 8.43. The maximum Gasteiger partial charge on any atom is 0.102 e. The van der Waals surface area contributed by atoms with Gasteiger partial charge in [0.15, 0.2) is 0 Å². The van der Waals surface area contributed by atoms with Gasteiger partial charge in [-0.05, 0) is 11.1 Å². The second-order valence-electron chi connectivity index (χ2n) is 4.18. The molecule has 1 heteroatoms. The van der Waals surface area contributed by atoms with E-state index >= 15 is 0 Å². The molecule has 2 aromatic carbocycles. The molecule has 2 atom stereocenters. The van der Waals surface area contributed by atoms with Crippen LogP contribution in [0.3, 0.4) is 0 Å². The van der Waals surface area contributed by atoms with Crippen LogP contribution in [0.4, 0.5) is 0 Å². The van der Waals surface area contributed by atoms with Gasteiger partial charge in [-0.25, -0.2) is 0 Å². The van der Waals surface area contributed by atoms with Crippen molar-refractivity contribution in [3.8, 4) is 0 Å². The van der Waals surface area contributed by atoms with Gasteiger partial charge in [0.05, 0.1) is 0 Å². The van der Waals surface area contributed by atoms with Crippen LogP contribution >= 0.6 is 0 Å². The number of hydrogen-bond acceptors (Lipinski definition) is 1. The molecule has 2 aromatic rings. The smallest absolute Gasteiger partial charge is 0.102 e. The molecule has 0 radical (unpaired) electrons. The summed E-state index contributed by atoms with van der Waals surface area (Å²) in [5.74, 6) is 0. The van der Waals surface area contributed by atoms with Gasteiger partial charge >= 0.3 is 0 Å². The zero-order valence-electron chi connectivity index (χ0n) is 9.49. The predicted molar refractivity (Wildman–Crippen MR) is 68.6 cm³/mol. The van der Waals surface area contributed by atoms with Crippen LogP contribution in [0.15, 0.2) is 72.8 Å². The van der Waals surface area contributed by atoms with E-state index < -0.39 is 0 Å². The lowest BCUT2D eigenvalue weighted by Crippen LogP contribution is -2.00. The van der Waals surface area contributed by atoms with E-state index in [4.69, 9.17) is 4.74 Å². The zero-order chi connectivity index (χ0) is 11.5. The second kappa shape index (κ2) is 4.56. The third kappa shape index (κ3) is 2.15. The minimum atomic E-state index is 0.0846. The fourth-order valence-electron chi connectivity index (χ4n) is 2.12. The van der Waals surface area contributed by atoms with Crippen molar-refractivity contribution in [2.45, 2.75) is 12.2 Å². The first-order valence-electron chi connectivity index (χ1n) is 5.87. The van der Waals surface area contributed by atoms with Gasteiger partial charge in [0.25, 0.3) is 0 Å². The highest BCUT2D eigenvalue weighted by molar-refractivity contribution is 5.28. The third-order valence-electron chi connectivity index (χ3n) is 3.01. The Morgan fingerprint density at radius 1 is 0.588 bits per heavy atom. The number of benzene rings is 2. The number of ether oxygens (including phenoxy) is 1. The van der Waals surface area contributed by atoms with E-state index in [2.05, 4.69) is 36.4 Å². The van der Waals surface area contributed by atoms with Crippen LogP contribution in [0.2, 0.25) is 0 Å². The molecular weight excluding hydrogens is 208 g/mol. The molecule has 0 amide bonds. The Balaban J connectivity index is 1.78. The van der Waals surface area contributed by atoms with Gasteiger partial charge < -0.3 is 4.74 Å². The van der Waals surface area contributed by atoms with Crippen molar-refractivity contribution >= 4 is 0 Å². The summed E-state index contributed by atoms with van der Waals surface area (Å²) in [6.45, 7) is 0. The highest BCUT2D eigenvalue weighted by atomic mass is 16.5. The van der Waals surface area contributed by atoms with E-state index in [-0.39, 0.29) is 12.2 Å². The average Bonchev–Trinajstić information content (AvgIpc) is 2.90. The fraction of sp³-hybridized carbons (Fsp3) is 0.125. The van der Waals surface area contributed by atoms with Crippen LogP contribution in [0.25, 0.3) is 0 Å². The molecule has 3 rings (SSSR count). The molecule has 0 bridgehead atoms. The molecule has 0 N–H and O–H groups in total. The average molecular weight is 222 g/mol. The number of rotatable bonds is 2. The van der Waals surface area contributed by atoms with Gasteiger partial charge in [0.1, 0.15) is 12.2 Å². The van der Waals surface area contributed by atoms with E-state index in [1.165, 1.54) is 11.1 Å². The van der Waals surface area contributed by atoms with Crippen molar-refractivity contribution in [3.63, 3.8) is 0 Å². The summed E-state index contributed by atoms with van der Waals surface area (Å²) in [4.78, 5) is 0. The maximum absolute atomic E-state index is 6.02. The first-order valence-corrected chi connectivity index (χ1v) is 5.87. The molecule has 1 aliphatic heterocycles. The van der Waals surface area contributed by atoms with Gasteiger partial charge in [-0.15, -0.1) is 0 Å².